The molecule has 0 radical (unpaired) electrons. The summed E-state index contributed by atoms with van der Waals surface area (Å²) in [5.74, 6) is 0.761. The standard InChI is InChI=1S/C20H22BrN5O2/c1-13-5-6-15(23-20(27)25-7-3-4-8-25)10-16(13)19-24-18-17(26(19)12-28-2)9-14(21)11-22-18/h5-6,9-11H,3-4,7-8,12H2,1-2H3,(H,23,27). The van der Waals surface area contributed by atoms with E-state index in [0.717, 1.165) is 58.6 Å². The first-order valence-electron chi connectivity index (χ1n) is 9.24. The van der Waals surface area contributed by atoms with Crippen LogP contribution < -0.4 is 5.32 Å². The first kappa shape index (κ1) is 18.9. The van der Waals surface area contributed by atoms with Gasteiger partial charge in [-0.15, -0.1) is 0 Å². The third-order valence-corrected chi connectivity index (χ3v) is 5.39. The predicted octanol–water partition coefficient (Wildman–Crippen LogP) is 4.40. The number of hydrogen-bond acceptors (Lipinski definition) is 4. The van der Waals surface area contributed by atoms with Crippen LogP contribution in [0.25, 0.3) is 22.6 Å². The molecule has 0 unspecified atom stereocenters. The Labute approximate surface area is 171 Å². The van der Waals surface area contributed by atoms with Gasteiger partial charge < -0.3 is 15.0 Å². The van der Waals surface area contributed by atoms with E-state index in [9.17, 15) is 4.79 Å². The van der Waals surface area contributed by atoms with E-state index in [1.807, 2.05) is 40.7 Å². The maximum absolute atomic E-state index is 12.5. The Morgan fingerprint density at radius 3 is 2.82 bits per heavy atom. The number of aryl methyl sites for hydroxylation is 1. The lowest BCUT2D eigenvalue weighted by molar-refractivity contribution is 0.135. The largest absolute Gasteiger partial charge is 0.364 e. The Kier molecular flexibility index (Phi) is 5.32. The topological polar surface area (TPSA) is 72.3 Å². The fraction of sp³-hybridized carbons (Fsp3) is 0.350. The van der Waals surface area contributed by atoms with Gasteiger partial charge in [-0.1, -0.05) is 6.07 Å². The molecule has 1 saturated heterocycles. The van der Waals surface area contributed by atoms with Crippen molar-refractivity contribution in [2.75, 3.05) is 25.5 Å². The number of pyridine rings is 1. The predicted molar refractivity (Wildman–Crippen MR) is 112 cm³/mol. The van der Waals surface area contributed by atoms with Crippen molar-refractivity contribution in [3.05, 3.63) is 40.5 Å². The van der Waals surface area contributed by atoms with E-state index in [2.05, 4.69) is 26.2 Å². The van der Waals surface area contributed by atoms with Crippen LogP contribution in [0.15, 0.2) is 34.9 Å². The summed E-state index contributed by atoms with van der Waals surface area (Å²) in [6.45, 7) is 4.01. The normalized spacial score (nSPS) is 14.0. The molecule has 0 spiro atoms. The fourth-order valence-electron chi connectivity index (χ4n) is 3.51. The molecule has 0 atom stereocenters. The summed E-state index contributed by atoms with van der Waals surface area (Å²) in [4.78, 5) is 23.4. The minimum atomic E-state index is -0.0525. The second-order valence-electron chi connectivity index (χ2n) is 6.93. The van der Waals surface area contributed by atoms with Crippen molar-refractivity contribution in [2.24, 2.45) is 0 Å². The van der Waals surface area contributed by atoms with Gasteiger partial charge in [0.05, 0.1) is 5.52 Å². The van der Waals surface area contributed by atoms with Gasteiger partial charge in [0.1, 0.15) is 12.6 Å². The molecule has 3 aromatic rings. The molecule has 28 heavy (non-hydrogen) atoms. The Bertz CT molecular complexity index is 1030. The van der Waals surface area contributed by atoms with Crippen LogP contribution >= 0.6 is 15.9 Å². The van der Waals surface area contributed by atoms with Gasteiger partial charge >= 0.3 is 6.03 Å². The number of rotatable bonds is 4. The van der Waals surface area contributed by atoms with E-state index in [0.29, 0.717) is 12.4 Å². The molecule has 1 N–H and O–H groups in total. The molecule has 0 bridgehead atoms. The molecule has 0 saturated carbocycles. The third kappa shape index (κ3) is 3.62. The van der Waals surface area contributed by atoms with Gasteiger partial charge in [-0.05, 0) is 59.5 Å². The van der Waals surface area contributed by atoms with Crippen molar-refractivity contribution >= 4 is 38.8 Å². The number of methoxy groups -OCH3 is 1. The number of fused-ring (bicyclic) bond motifs is 1. The minimum absolute atomic E-state index is 0.0525. The van der Waals surface area contributed by atoms with Crippen molar-refractivity contribution < 1.29 is 9.53 Å². The van der Waals surface area contributed by atoms with Gasteiger partial charge in [0.25, 0.3) is 0 Å². The van der Waals surface area contributed by atoms with Crippen LogP contribution in [0.5, 0.6) is 0 Å². The Hall–Kier alpha value is -2.45. The molecular weight excluding hydrogens is 422 g/mol. The van der Waals surface area contributed by atoms with Gasteiger partial charge in [0, 0.05) is 42.1 Å². The highest BCUT2D eigenvalue weighted by Gasteiger charge is 2.19. The zero-order chi connectivity index (χ0) is 19.7. The molecule has 2 aromatic heterocycles. The number of nitrogens with one attached hydrogen (secondary N) is 1. The van der Waals surface area contributed by atoms with Crippen LogP contribution in [-0.4, -0.2) is 45.7 Å². The Morgan fingerprint density at radius 1 is 1.29 bits per heavy atom. The average molecular weight is 444 g/mol. The minimum Gasteiger partial charge on any atom is -0.364 e. The van der Waals surface area contributed by atoms with E-state index in [4.69, 9.17) is 9.72 Å². The van der Waals surface area contributed by atoms with Crippen LogP contribution in [0, 0.1) is 6.92 Å². The second-order valence-corrected chi connectivity index (χ2v) is 7.85. The number of likely N-dealkylation sites (tertiary alicyclic amines) is 1. The molecule has 1 aliphatic rings. The summed E-state index contributed by atoms with van der Waals surface area (Å²) < 4.78 is 8.27. The smallest absolute Gasteiger partial charge is 0.321 e. The number of benzene rings is 1. The highest BCUT2D eigenvalue weighted by atomic mass is 79.9. The first-order valence-corrected chi connectivity index (χ1v) is 10.0. The van der Waals surface area contributed by atoms with E-state index < -0.39 is 0 Å². The lowest BCUT2D eigenvalue weighted by Crippen LogP contribution is -2.32. The number of carbonyl (C=O) groups excluding carboxylic acids is 1. The van der Waals surface area contributed by atoms with Gasteiger partial charge in [0.2, 0.25) is 0 Å². The number of anilines is 1. The molecule has 2 amide bonds. The van der Waals surface area contributed by atoms with Crippen LogP contribution in [0.3, 0.4) is 0 Å². The van der Waals surface area contributed by atoms with Crippen LogP contribution in [-0.2, 0) is 11.5 Å². The molecule has 7 nitrogen and oxygen atoms in total. The maximum Gasteiger partial charge on any atom is 0.321 e. The summed E-state index contributed by atoms with van der Waals surface area (Å²) in [5, 5.41) is 3.01. The highest BCUT2D eigenvalue weighted by Crippen LogP contribution is 2.30. The van der Waals surface area contributed by atoms with Crippen LogP contribution in [0.1, 0.15) is 18.4 Å². The number of aromatic nitrogens is 3. The van der Waals surface area contributed by atoms with Gasteiger partial charge in [-0.25, -0.2) is 14.8 Å². The molecular formula is C20H22BrN5O2. The number of ether oxygens (including phenoxy) is 1. The van der Waals surface area contributed by atoms with Crippen LogP contribution in [0.2, 0.25) is 0 Å². The molecule has 1 fully saturated rings. The van der Waals surface area contributed by atoms with Crippen molar-refractivity contribution in [2.45, 2.75) is 26.5 Å². The van der Waals surface area contributed by atoms with Crippen molar-refractivity contribution in [1.82, 2.24) is 19.4 Å². The molecule has 4 rings (SSSR count). The van der Waals surface area contributed by atoms with E-state index in [-0.39, 0.29) is 6.03 Å². The molecule has 146 valence electrons. The quantitative estimate of drug-likeness (QED) is 0.648. The number of nitrogens with zero attached hydrogens (tertiary/aromatic N) is 4. The number of urea groups is 1. The number of carbonyl (C=O) groups is 1. The lowest BCUT2D eigenvalue weighted by Gasteiger charge is -2.17. The van der Waals surface area contributed by atoms with E-state index in [1.165, 1.54) is 0 Å². The van der Waals surface area contributed by atoms with E-state index >= 15 is 0 Å². The first-order chi connectivity index (χ1) is 13.6. The van der Waals surface area contributed by atoms with Crippen molar-refractivity contribution in [3.63, 3.8) is 0 Å². The Morgan fingerprint density at radius 2 is 2.07 bits per heavy atom. The average Bonchev–Trinajstić information content (AvgIpc) is 3.32. The van der Waals surface area contributed by atoms with Gasteiger partial charge in [-0.3, -0.25) is 4.57 Å². The number of hydrogen-bond donors (Lipinski definition) is 1. The monoisotopic (exact) mass is 443 g/mol. The summed E-state index contributed by atoms with van der Waals surface area (Å²) >= 11 is 3.47. The van der Waals surface area contributed by atoms with E-state index in [1.54, 1.807) is 13.3 Å². The number of imidazole rings is 1. The summed E-state index contributed by atoms with van der Waals surface area (Å²) in [7, 11) is 1.65. The second kappa shape index (κ2) is 7.89. The Balaban J connectivity index is 1.74. The van der Waals surface area contributed by atoms with Crippen molar-refractivity contribution in [3.8, 4) is 11.4 Å². The van der Waals surface area contributed by atoms with Gasteiger partial charge in [0.15, 0.2) is 5.65 Å². The third-order valence-electron chi connectivity index (χ3n) is 4.95. The number of halogens is 1. The SMILES string of the molecule is COCn1c(-c2cc(NC(=O)N3CCCC3)ccc2C)nc2ncc(Br)cc21. The molecule has 1 aromatic carbocycles. The fourth-order valence-corrected chi connectivity index (χ4v) is 3.83. The summed E-state index contributed by atoms with van der Waals surface area (Å²) in [6.07, 6.45) is 3.86. The lowest BCUT2D eigenvalue weighted by atomic mass is 10.1. The zero-order valence-electron chi connectivity index (χ0n) is 15.9. The van der Waals surface area contributed by atoms with Gasteiger partial charge in [-0.2, -0.15) is 0 Å². The van der Waals surface area contributed by atoms with Crippen molar-refractivity contribution in [1.29, 1.82) is 0 Å². The van der Waals surface area contributed by atoms with Crippen LogP contribution in [0.4, 0.5) is 10.5 Å². The summed E-state index contributed by atoms with van der Waals surface area (Å²) in [6, 6.07) is 7.81. The molecule has 1 aliphatic heterocycles. The highest BCUT2D eigenvalue weighted by molar-refractivity contribution is 9.10. The zero-order valence-corrected chi connectivity index (χ0v) is 17.5. The molecule has 8 heteroatoms. The molecule has 0 aliphatic carbocycles. The molecule has 3 heterocycles. The maximum atomic E-state index is 12.5. The number of amides is 2. The summed E-state index contributed by atoms with van der Waals surface area (Å²) in [5.41, 5.74) is 4.29.